The molecule has 1 aliphatic heterocycles. The van der Waals surface area contributed by atoms with Gasteiger partial charge in [0.2, 0.25) is 0 Å². The molecule has 4 rings (SSSR count). The largest absolute Gasteiger partial charge is 0.489 e. The maximum Gasteiger partial charge on any atom is 0.266 e. The van der Waals surface area contributed by atoms with Gasteiger partial charge in [0.05, 0.1) is 10.9 Å². The molecule has 0 aliphatic carbocycles. The monoisotopic (exact) mass is 431 g/mol. The molecule has 0 spiro atoms. The minimum Gasteiger partial charge on any atom is -0.489 e. The minimum atomic E-state index is -0.106. The molecule has 1 aliphatic rings. The molecule has 3 aromatic carbocycles. The van der Waals surface area contributed by atoms with Gasteiger partial charge in [-0.05, 0) is 41.8 Å². The smallest absolute Gasteiger partial charge is 0.266 e. The van der Waals surface area contributed by atoms with Crippen molar-refractivity contribution in [3.05, 3.63) is 107 Å². The van der Waals surface area contributed by atoms with E-state index in [1.807, 2.05) is 97.9 Å². The Balaban J connectivity index is 1.49. The Hall–Kier alpha value is -2.89. The molecule has 150 valence electrons. The predicted molar refractivity (Wildman–Crippen MR) is 127 cm³/mol. The van der Waals surface area contributed by atoms with Gasteiger partial charge in [0.15, 0.2) is 0 Å². The first-order valence-corrected chi connectivity index (χ1v) is 10.9. The highest BCUT2D eigenvalue weighted by molar-refractivity contribution is 8.26. The Morgan fingerprint density at radius 1 is 1.00 bits per heavy atom. The van der Waals surface area contributed by atoms with Crippen LogP contribution in [0.1, 0.15) is 29.7 Å². The van der Waals surface area contributed by atoms with E-state index < -0.39 is 0 Å². The molecule has 3 nitrogen and oxygen atoms in total. The molecular weight excluding hydrogens is 410 g/mol. The van der Waals surface area contributed by atoms with Crippen LogP contribution in [0.25, 0.3) is 6.08 Å². The summed E-state index contributed by atoms with van der Waals surface area (Å²) in [6.45, 7) is 2.50. The van der Waals surface area contributed by atoms with Crippen LogP contribution in [0.5, 0.6) is 5.75 Å². The Bertz CT molecular complexity index is 1080. The Labute approximate surface area is 186 Å². The summed E-state index contributed by atoms with van der Waals surface area (Å²) >= 11 is 6.85. The predicted octanol–water partition coefficient (Wildman–Crippen LogP) is 6.23. The maximum atomic E-state index is 13.0. The average Bonchev–Trinajstić information content (AvgIpc) is 3.06. The lowest BCUT2D eigenvalue weighted by Crippen LogP contribution is -2.30. The molecule has 3 aromatic rings. The van der Waals surface area contributed by atoms with Gasteiger partial charge in [0, 0.05) is 0 Å². The van der Waals surface area contributed by atoms with Crippen molar-refractivity contribution in [2.75, 3.05) is 0 Å². The van der Waals surface area contributed by atoms with Crippen molar-refractivity contribution in [3.63, 3.8) is 0 Å². The fraction of sp³-hybridized carbons (Fsp3) is 0.120. The van der Waals surface area contributed by atoms with Crippen LogP contribution in [0.2, 0.25) is 0 Å². The lowest BCUT2D eigenvalue weighted by atomic mass is 10.1. The summed E-state index contributed by atoms with van der Waals surface area (Å²) in [5.74, 6) is 0.706. The molecule has 0 bridgehead atoms. The van der Waals surface area contributed by atoms with E-state index in [-0.39, 0.29) is 11.9 Å². The van der Waals surface area contributed by atoms with E-state index in [1.54, 1.807) is 4.90 Å². The number of rotatable bonds is 6. The van der Waals surface area contributed by atoms with Crippen LogP contribution in [0.4, 0.5) is 0 Å². The van der Waals surface area contributed by atoms with Gasteiger partial charge in [0.25, 0.3) is 5.91 Å². The van der Waals surface area contributed by atoms with E-state index in [0.717, 1.165) is 22.4 Å². The summed E-state index contributed by atoms with van der Waals surface area (Å²) in [6.07, 6.45) is 1.88. The van der Waals surface area contributed by atoms with Gasteiger partial charge >= 0.3 is 0 Å². The van der Waals surface area contributed by atoms with Crippen LogP contribution in [0.3, 0.4) is 0 Å². The highest BCUT2D eigenvalue weighted by Crippen LogP contribution is 2.38. The fourth-order valence-electron chi connectivity index (χ4n) is 3.28. The van der Waals surface area contributed by atoms with Crippen LogP contribution in [0.15, 0.2) is 89.8 Å². The Morgan fingerprint density at radius 3 is 2.43 bits per heavy atom. The zero-order valence-corrected chi connectivity index (χ0v) is 18.2. The van der Waals surface area contributed by atoms with Crippen molar-refractivity contribution in [1.82, 2.24) is 4.90 Å². The topological polar surface area (TPSA) is 29.5 Å². The van der Waals surface area contributed by atoms with Gasteiger partial charge in [-0.25, -0.2) is 0 Å². The van der Waals surface area contributed by atoms with E-state index in [1.165, 1.54) is 11.8 Å². The third kappa shape index (κ3) is 4.64. The van der Waals surface area contributed by atoms with Crippen LogP contribution in [-0.4, -0.2) is 15.1 Å². The summed E-state index contributed by atoms with van der Waals surface area (Å²) in [4.78, 5) is 15.4. The molecule has 0 radical (unpaired) electrons. The first-order chi connectivity index (χ1) is 14.6. The normalized spacial score (nSPS) is 16.2. The minimum absolute atomic E-state index is 0.0584. The number of nitrogens with zero attached hydrogens (tertiary/aromatic N) is 1. The van der Waals surface area contributed by atoms with Gasteiger partial charge in [-0.1, -0.05) is 96.8 Å². The molecule has 30 heavy (non-hydrogen) atoms. The standard InChI is InChI=1S/C25H21NO2S2/c1-18(21-12-6-3-7-13-21)26-24(27)23(30-25(26)29)16-20-11-8-14-22(15-20)28-17-19-9-4-2-5-10-19/h2-16,18H,17H2,1H3/b23-16-. The van der Waals surface area contributed by atoms with Crippen molar-refractivity contribution in [2.24, 2.45) is 0 Å². The maximum absolute atomic E-state index is 13.0. The van der Waals surface area contributed by atoms with E-state index in [9.17, 15) is 4.79 Å². The zero-order chi connectivity index (χ0) is 20.9. The van der Waals surface area contributed by atoms with Crippen molar-refractivity contribution < 1.29 is 9.53 Å². The molecular formula is C25H21NO2S2. The number of benzene rings is 3. The molecule has 1 atom stereocenters. The average molecular weight is 432 g/mol. The molecule has 0 saturated carbocycles. The summed E-state index contributed by atoms with van der Waals surface area (Å²) < 4.78 is 6.49. The van der Waals surface area contributed by atoms with Crippen molar-refractivity contribution in [3.8, 4) is 5.75 Å². The summed E-state index contributed by atoms with van der Waals surface area (Å²) in [7, 11) is 0. The first kappa shape index (κ1) is 20.4. The number of carbonyl (C=O) groups is 1. The second kappa shape index (κ2) is 9.28. The number of hydrogen-bond donors (Lipinski definition) is 0. The van der Waals surface area contributed by atoms with Crippen molar-refractivity contribution in [2.45, 2.75) is 19.6 Å². The quantitative estimate of drug-likeness (QED) is 0.342. The van der Waals surface area contributed by atoms with Gasteiger partial charge < -0.3 is 4.74 Å². The van der Waals surface area contributed by atoms with Gasteiger partial charge in [-0.15, -0.1) is 0 Å². The summed E-state index contributed by atoms with van der Waals surface area (Å²) in [5, 5.41) is 0. The molecule has 1 heterocycles. The van der Waals surface area contributed by atoms with Crippen LogP contribution < -0.4 is 4.74 Å². The van der Waals surface area contributed by atoms with E-state index in [4.69, 9.17) is 17.0 Å². The zero-order valence-electron chi connectivity index (χ0n) is 16.5. The number of hydrogen-bond acceptors (Lipinski definition) is 4. The number of thiocarbonyl (C=S) groups is 1. The number of thioether (sulfide) groups is 1. The van der Waals surface area contributed by atoms with Crippen molar-refractivity contribution >= 4 is 40.3 Å². The lowest BCUT2D eigenvalue weighted by Gasteiger charge is -2.23. The third-order valence-electron chi connectivity index (χ3n) is 4.90. The Kier molecular flexibility index (Phi) is 6.31. The van der Waals surface area contributed by atoms with Crippen molar-refractivity contribution in [1.29, 1.82) is 0 Å². The highest BCUT2D eigenvalue weighted by atomic mass is 32.2. The first-order valence-electron chi connectivity index (χ1n) is 9.70. The molecule has 1 fully saturated rings. The highest BCUT2D eigenvalue weighted by Gasteiger charge is 2.35. The van der Waals surface area contributed by atoms with Gasteiger partial charge in [-0.3, -0.25) is 9.69 Å². The Morgan fingerprint density at radius 2 is 1.70 bits per heavy atom. The molecule has 0 N–H and O–H groups in total. The number of ether oxygens (including phenoxy) is 1. The van der Waals surface area contributed by atoms with E-state index in [2.05, 4.69) is 0 Å². The summed E-state index contributed by atoms with van der Waals surface area (Å²) in [5.41, 5.74) is 3.08. The van der Waals surface area contributed by atoms with E-state index in [0.29, 0.717) is 15.8 Å². The molecule has 0 aromatic heterocycles. The van der Waals surface area contributed by atoms with E-state index >= 15 is 0 Å². The second-order valence-corrected chi connectivity index (χ2v) is 8.66. The second-order valence-electron chi connectivity index (χ2n) is 6.99. The fourth-order valence-corrected chi connectivity index (χ4v) is 4.70. The van der Waals surface area contributed by atoms with Gasteiger partial charge in [-0.2, -0.15) is 0 Å². The summed E-state index contributed by atoms with van der Waals surface area (Å²) in [6, 6.07) is 27.6. The SMILES string of the molecule is CC(c1ccccc1)N1C(=O)/C(=C/c2cccc(OCc3ccccc3)c2)SC1=S. The number of carbonyl (C=O) groups excluding carboxylic acids is 1. The third-order valence-corrected chi connectivity index (χ3v) is 6.23. The van der Waals surface area contributed by atoms with Crippen LogP contribution in [-0.2, 0) is 11.4 Å². The lowest BCUT2D eigenvalue weighted by molar-refractivity contribution is -0.123. The molecule has 1 amide bonds. The van der Waals surface area contributed by atoms with Gasteiger partial charge in [0.1, 0.15) is 16.7 Å². The molecule has 1 unspecified atom stereocenters. The molecule has 5 heteroatoms. The van der Waals surface area contributed by atoms with Crippen LogP contribution in [0, 0.1) is 0 Å². The van der Waals surface area contributed by atoms with Crippen LogP contribution >= 0.6 is 24.0 Å². The molecule has 1 saturated heterocycles. The number of amides is 1.